The Morgan fingerprint density at radius 1 is 1.05 bits per heavy atom. The third-order valence-electron chi connectivity index (χ3n) is 3.83. The molecular formula is C16H35N5. The van der Waals surface area contributed by atoms with Crippen molar-refractivity contribution >= 4 is 5.96 Å². The first-order valence-corrected chi connectivity index (χ1v) is 8.65. The van der Waals surface area contributed by atoms with Crippen molar-refractivity contribution in [2.24, 2.45) is 4.99 Å². The highest BCUT2D eigenvalue weighted by Gasteiger charge is 2.14. The first-order valence-electron chi connectivity index (χ1n) is 8.65. The zero-order chi connectivity index (χ0) is 15.5. The van der Waals surface area contributed by atoms with E-state index in [9.17, 15) is 0 Å². The first-order chi connectivity index (χ1) is 10.2. The fourth-order valence-electron chi connectivity index (χ4n) is 2.56. The molecule has 0 radical (unpaired) electrons. The van der Waals surface area contributed by atoms with E-state index in [1.54, 1.807) is 0 Å². The van der Waals surface area contributed by atoms with Gasteiger partial charge in [0, 0.05) is 45.3 Å². The lowest BCUT2D eigenvalue weighted by Gasteiger charge is -2.33. The molecule has 21 heavy (non-hydrogen) atoms. The predicted octanol–water partition coefficient (Wildman–Crippen LogP) is 1.37. The van der Waals surface area contributed by atoms with Crippen molar-refractivity contribution in [3.05, 3.63) is 0 Å². The van der Waals surface area contributed by atoms with E-state index >= 15 is 0 Å². The summed E-state index contributed by atoms with van der Waals surface area (Å²) in [4.78, 5) is 9.75. The van der Waals surface area contributed by atoms with Gasteiger partial charge >= 0.3 is 0 Å². The Balaban J connectivity index is 2.12. The third kappa shape index (κ3) is 8.27. The number of likely N-dealkylation sites (N-methyl/N-ethyl adjacent to an activating group) is 1. The molecule has 1 aliphatic rings. The molecule has 0 amide bonds. The molecule has 1 heterocycles. The average molecular weight is 297 g/mol. The van der Waals surface area contributed by atoms with Crippen molar-refractivity contribution in [2.75, 3.05) is 52.4 Å². The highest BCUT2D eigenvalue weighted by molar-refractivity contribution is 5.79. The summed E-state index contributed by atoms with van der Waals surface area (Å²) in [6.07, 6.45) is 2.42. The second kappa shape index (κ2) is 10.9. The molecule has 0 aromatic heterocycles. The number of aliphatic imine (C=N–C) groups is 1. The zero-order valence-corrected chi connectivity index (χ0v) is 14.5. The summed E-state index contributed by atoms with van der Waals surface area (Å²) in [5.74, 6) is 0.948. The Bertz CT molecular complexity index is 282. The van der Waals surface area contributed by atoms with Crippen LogP contribution in [0.5, 0.6) is 0 Å². The normalized spacial score (nSPS) is 18.2. The van der Waals surface area contributed by atoms with E-state index in [0.717, 1.165) is 19.0 Å². The highest BCUT2D eigenvalue weighted by atomic mass is 15.3. The predicted molar refractivity (Wildman–Crippen MR) is 92.0 cm³/mol. The molecule has 0 aliphatic carbocycles. The molecule has 0 atom stereocenters. The van der Waals surface area contributed by atoms with Gasteiger partial charge in [-0.15, -0.1) is 0 Å². The van der Waals surface area contributed by atoms with Gasteiger partial charge in [-0.25, -0.2) is 0 Å². The van der Waals surface area contributed by atoms with Gasteiger partial charge < -0.3 is 20.4 Å². The number of hydrogen-bond acceptors (Lipinski definition) is 3. The number of guanidine groups is 1. The molecule has 0 aromatic carbocycles. The number of piperazine rings is 1. The fourth-order valence-corrected chi connectivity index (χ4v) is 2.56. The molecule has 1 rings (SSSR count). The van der Waals surface area contributed by atoms with Gasteiger partial charge in [0.25, 0.3) is 0 Å². The van der Waals surface area contributed by atoms with Crippen molar-refractivity contribution in [1.82, 2.24) is 20.4 Å². The van der Waals surface area contributed by atoms with E-state index in [1.165, 1.54) is 52.1 Å². The van der Waals surface area contributed by atoms with E-state index in [-0.39, 0.29) is 0 Å². The van der Waals surface area contributed by atoms with E-state index < -0.39 is 0 Å². The third-order valence-corrected chi connectivity index (χ3v) is 3.83. The topological polar surface area (TPSA) is 42.9 Å². The second-order valence-electron chi connectivity index (χ2n) is 6.04. The van der Waals surface area contributed by atoms with Crippen molar-refractivity contribution in [3.8, 4) is 0 Å². The number of unbranched alkanes of at least 4 members (excludes halogenated alkanes) is 1. The van der Waals surface area contributed by atoms with Crippen LogP contribution in [0.2, 0.25) is 0 Å². The first kappa shape index (κ1) is 18.2. The van der Waals surface area contributed by atoms with Crippen molar-refractivity contribution in [2.45, 2.75) is 46.6 Å². The highest BCUT2D eigenvalue weighted by Crippen LogP contribution is 2.03. The summed E-state index contributed by atoms with van der Waals surface area (Å²) in [6.45, 7) is 17.8. The monoisotopic (exact) mass is 297 g/mol. The molecule has 0 unspecified atom stereocenters. The van der Waals surface area contributed by atoms with Crippen LogP contribution < -0.4 is 10.6 Å². The minimum atomic E-state index is 0.428. The summed E-state index contributed by atoms with van der Waals surface area (Å²) in [6, 6.07) is 0.428. The Kier molecular flexibility index (Phi) is 9.42. The van der Waals surface area contributed by atoms with E-state index in [4.69, 9.17) is 0 Å². The maximum absolute atomic E-state index is 4.63. The Hall–Kier alpha value is -0.810. The summed E-state index contributed by atoms with van der Waals surface area (Å²) in [7, 11) is 0. The largest absolute Gasteiger partial charge is 0.357 e. The molecule has 0 saturated carbocycles. The summed E-state index contributed by atoms with van der Waals surface area (Å²) >= 11 is 0. The summed E-state index contributed by atoms with van der Waals surface area (Å²) in [5.41, 5.74) is 0. The molecule has 1 aliphatic heterocycles. The van der Waals surface area contributed by atoms with Gasteiger partial charge in [0.1, 0.15) is 0 Å². The van der Waals surface area contributed by atoms with Crippen LogP contribution in [0.1, 0.15) is 40.5 Å². The molecule has 1 saturated heterocycles. The van der Waals surface area contributed by atoms with Crippen molar-refractivity contribution < 1.29 is 0 Å². The van der Waals surface area contributed by atoms with Crippen molar-refractivity contribution in [3.63, 3.8) is 0 Å². The maximum atomic E-state index is 4.63. The van der Waals surface area contributed by atoms with E-state index in [0.29, 0.717) is 6.04 Å². The van der Waals surface area contributed by atoms with Crippen LogP contribution in [-0.2, 0) is 0 Å². The van der Waals surface area contributed by atoms with Gasteiger partial charge in [0.2, 0.25) is 0 Å². The standard InChI is InChI=1S/C16H35N5/c1-5-17-16(19-15(3)4)18-9-7-8-10-21-13-11-20(6-2)12-14-21/h15H,5-14H2,1-4H3,(H2,17,18,19). The smallest absolute Gasteiger partial charge is 0.191 e. The fraction of sp³-hybridized carbons (Fsp3) is 0.938. The number of nitrogens with one attached hydrogen (secondary N) is 2. The number of rotatable bonds is 8. The molecule has 0 spiro atoms. The molecular weight excluding hydrogens is 262 g/mol. The Morgan fingerprint density at radius 2 is 1.71 bits per heavy atom. The summed E-state index contributed by atoms with van der Waals surface area (Å²) in [5, 5.41) is 6.64. The SMILES string of the molecule is CCNC(=NCCCCN1CCN(CC)CC1)NC(C)C. The van der Waals surface area contributed by atoms with Gasteiger partial charge in [-0.2, -0.15) is 0 Å². The van der Waals surface area contributed by atoms with Crippen LogP contribution in [-0.4, -0.2) is 74.2 Å². The van der Waals surface area contributed by atoms with Gasteiger partial charge in [0.15, 0.2) is 5.96 Å². The quantitative estimate of drug-likeness (QED) is 0.403. The minimum absolute atomic E-state index is 0.428. The van der Waals surface area contributed by atoms with Crippen LogP contribution in [0.4, 0.5) is 0 Å². The van der Waals surface area contributed by atoms with Crippen LogP contribution in [0.25, 0.3) is 0 Å². The molecule has 2 N–H and O–H groups in total. The lowest BCUT2D eigenvalue weighted by atomic mass is 10.2. The van der Waals surface area contributed by atoms with Gasteiger partial charge in [-0.3, -0.25) is 4.99 Å². The summed E-state index contributed by atoms with van der Waals surface area (Å²) < 4.78 is 0. The van der Waals surface area contributed by atoms with E-state index in [2.05, 4.69) is 53.1 Å². The lowest BCUT2D eigenvalue weighted by molar-refractivity contribution is 0.136. The number of nitrogens with zero attached hydrogens (tertiary/aromatic N) is 3. The number of hydrogen-bond donors (Lipinski definition) is 2. The van der Waals surface area contributed by atoms with Crippen molar-refractivity contribution in [1.29, 1.82) is 0 Å². The van der Waals surface area contributed by atoms with Crippen LogP contribution in [0.3, 0.4) is 0 Å². The molecule has 5 heteroatoms. The molecule has 124 valence electrons. The van der Waals surface area contributed by atoms with Gasteiger partial charge in [-0.05, 0) is 46.7 Å². The second-order valence-corrected chi connectivity index (χ2v) is 6.04. The minimum Gasteiger partial charge on any atom is -0.357 e. The molecule has 1 fully saturated rings. The lowest BCUT2D eigenvalue weighted by Crippen LogP contribution is -2.46. The Labute approximate surface area is 131 Å². The van der Waals surface area contributed by atoms with Crippen LogP contribution in [0.15, 0.2) is 4.99 Å². The maximum Gasteiger partial charge on any atom is 0.191 e. The zero-order valence-electron chi connectivity index (χ0n) is 14.5. The van der Waals surface area contributed by atoms with E-state index in [1.807, 2.05) is 0 Å². The molecule has 0 aromatic rings. The molecule has 5 nitrogen and oxygen atoms in total. The van der Waals surface area contributed by atoms with Crippen LogP contribution in [0, 0.1) is 0 Å². The van der Waals surface area contributed by atoms with Crippen LogP contribution >= 0.6 is 0 Å². The average Bonchev–Trinajstić information content (AvgIpc) is 2.47. The van der Waals surface area contributed by atoms with Gasteiger partial charge in [0.05, 0.1) is 0 Å². The molecule has 0 bridgehead atoms. The Morgan fingerprint density at radius 3 is 2.29 bits per heavy atom. The van der Waals surface area contributed by atoms with Gasteiger partial charge in [-0.1, -0.05) is 6.92 Å².